The average molecular weight is 474 g/mol. The topological polar surface area (TPSA) is 55.8 Å². The fraction of sp³-hybridized carbons (Fsp3) is 0.567. The number of phenolic OH excluding ortho intramolecular Hbond substituents is 1. The predicted molar refractivity (Wildman–Crippen MR) is 139 cm³/mol. The Balaban J connectivity index is 1.27. The minimum Gasteiger partial charge on any atom is -0.508 e. The van der Waals surface area contributed by atoms with Crippen molar-refractivity contribution in [3.63, 3.8) is 0 Å². The summed E-state index contributed by atoms with van der Waals surface area (Å²) in [4.78, 5) is 18.4. The van der Waals surface area contributed by atoms with Crippen molar-refractivity contribution in [3.8, 4) is 5.75 Å². The van der Waals surface area contributed by atoms with E-state index in [-0.39, 0.29) is 17.9 Å². The van der Waals surface area contributed by atoms with Crippen molar-refractivity contribution in [2.75, 3.05) is 6.54 Å². The van der Waals surface area contributed by atoms with Crippen LogP contribution in [0.3, 0.4) is 0 Å². The first kappa shape index (κ1) is 23.1. The number of rotatable bonds is 7. The standard InChI is InChI=1S/C30H39N3O2/c1-2-18-32-25-14-15-26(32)28-17-16-27(25)33(28)29(22-6-5-9-24(34)19-22)20-10-12-21(13-11-20)30(35)31-23-7-3-4-8-23/h2,5-6,9-12,19,21,23,25-29,34H,1,3-4,7-8,13-18H2,(H,31,35). The quantitative estimate of drug-likeness (QED) is 0.556. The smallest absolute Gasteiger partial charge is 0.227 e. The number of nitrogens with one attached hydrogen (secondary N) is 1. The molecule has 2 N–H and O–H groups in total. The molecule has 1 aromatic carbocycles. The van der Waals surface area contributed by atoms with Crippen molar-refractivity contribution in [2.45, 2.75) is 94.0 Å². The molecule has 6 rings (SSSR count). The highest BCUT2D eigenvalue weighted by Gasteiger charge is 2.56. The maximum atomic E-state index is 12.9. The van der Waals surface area contributed by atoms with Gasteiger partial charge < -0.3 is 10.4 Å². The Bertz CT molecular complexity index is 1010. The lowest BCUT2D eigenvalue weighted by molar-refractivity contribution is -0.124. The van der Waals surface area contributed by atoms with Gasteiger partial charge in [-0.15, -0.1) is 6.58 Å². The van der Waals surface area contributed by atoms with Crippen LogP contribution in [0.4, 0.5) is 0 Å². The number of hydrogen-bond acceptors (Lipinski definition) is 4. The molecule has 186 valence electrons. The lowest BCUT2D eigenvalue weighted by Crippen LogP contribution is -2.61. The number of piperazine rings is 1. The molecular formula is C30H39N3O2. The molecule has 6 unspecified atom stereocenters. The number of hydrogen-bond donors (Lipinski definition) is 2. The van der Waals surface area contributed by atoms with E-state index in [0.717, 1.165) is 31.4 Å². The van der Waals surface area contributed by atoms with Crippen LogP contribution in [0.5, 0.6) is 5.75 Å². The van der Waals surface area contributed by atoms with Crippen LogP contribution in [0, 0.1) is 5.92 Å². The van der Waals surface area contributed by atoms with Gasteiger partial charge in [0, 0.05) is 36.8 Å². The van der Waals surface area contributed by atoms with Crippen LogP contribution in [-0.4, -0.2) is 57.6 Å². The van der Waals surface area contributed by atoms with Crippen LogP contribution in [0.1, 0.15) is 69.4 Å². The molecule has 0 aromatic heterocycles. The van der Waals surface area contributed by atoms with Gasteiger partial charge in [-0.3, -0.25) is 14.6 Å². The summed E-state index contributed by atoms with van der Waals surface area (Å²) in [6, 6.07) is 10.5. The summed E-state index contributed by atoms with van der Waals surface area (Å²) in [7, 11) is 0. The highest BCUT2D eigenvalue weighted by atomic mass is 16.3. The summed E-state index contributed by atoms with van der Waals surface area (Å²) in [5.74, 6) is 0.414. The number of allylic oxidation sites excluding steroid dienone is 1. The summed E-state index contributed by atoms with van der Waals surface area (Å²) in [5, 5.41) is 13.6. The molecule has 0 radical (unpaired) electrons. The molecular weight excluding hydrogens is 434 g/mol. The van der Waals surface area contributed by atoms with Crippen LogP contribution >= 0.6 is 0 Å². The van der Waals surface area contributed by atoms with Gasteiger partial charge >= 0.3 is 0 Å². The van der Waals surface area contributed by atoms with Crippen molar-refractivity contribution in [1.29, 1.82) is 0 Å². The number of aromatic hydroxyl groups is 1. The molecule has 3 saturated heterocycles. The predicted octanol–water partition coefficient (Wildman–Crippen LogP) is 4.86. The van der Waals surface area contributed by atoms with Crippen molar-refractivity contribution in [1.82, 2.24) is 15.1 Å². The highest BCUT2D eigenvalue weighted by molar-refractivity contribution is 5.81. The first-order valence-electron chi connectivity index (χ1n) is 13.8. The molecule has 1 aromatic rings. The zero-order valence-corrected chi connectivity index (χ0v) is 20.7. The monoisotopic (exact) mass is 473 g/mol. The molecule has 6 atom stereocenters. The highest BCUT2D eigenvalue weighted by Crippen LogP contribution is 2.51. The van der Waals surface area contributed by atoms with Gasteiger partial charge in [-0.25, -0.2) is 0 Å². The van der Waals surface area contributed by atoms with Gasteiger partial charge in [0.1, 0.15) is 5.75 Å². The SMILES string of the molecule is C=CCN1C2CCC1C1CCC2N1C(C1=CCC(C(=O)NC2CCCC2)C=C1)c1cccc(O)c1. The number of phenols is 1. The van der Waals surface area contributed by atoms with Crippen LogP contribution in [0.15, 0.2) is 60.7 Å². The third-order valence-electron chi connectivity index (χ3n) is 9.33. The maximum absolute atomic E-state index is 12.9. The Morgan fingerprint density at radius 2 is 1.80 bits per heavy atom. The zero-order chi connectivity index (χ0) is 23.9. The largest absolute Gasteiger partial charge is 0.508 e. The van der Waals surface area contributed by atoms with Crippen LogP contribution in [0.2, 0.25) is 0 Å². The van der Waals surface area contributed by atoms with Gasteiger partial charge in [0.2, 0.25) is 5.91 Å². The molecule has 5 nitrogen and oxygen atoms in total. The fourth-order valence-electron chi connectivity index (χ4n) is 7.86. The van der Waals surface area contributed by atoms with Crippen LogP contribution in [-0.2, 0) is 4.79 Å². The van der Waals surface area contributed by atoms with E-state index < -0.39 is 0 Å². The molecule has 4 fully saturated rings. The zero-order valence-electron chi connectivity index (χ0n) is 20.7. The molecule has 35 heavy (non-hydrogen) atoms. The lowest BCUT2D eigenvalue weighted by Gasteiger charge is -2.50. The Morgan fingerprint density at radius 3 is 2.43 bits per heavy atom. The number of benzene rings is 1. The van der Waals surface area contributed by atoms with E-state index in [1.165, 1.54) is 44.1 Å². The summed E-state index contributed by atoms with van der Waals surface area (Å²) < 4.78 is 0. The third kappa shape index (κ3) is 4.17. The van der Waals surface area contributed by atoms with Crippen molar-refractivity contribution >= 4 is 5.91 Å². The summed E-state index contributed by atoms with van der Waals surface area (Å²) >= 11 is 0. The molecule has 5 aliphatic rings. The molecule has 3 heterocycles. The summed E-state index contributed by atoms with van der Waals surface area (Å²) in [6.45, 7) is 5.01. The summed E-state index contributed by atoms with van der Waals surface area (Å²) in [6.07, 6.45) is 19.1. The van der Waals surface area contributed by atoms with Gasteiger partial charge in [0.25, 0.3) is 0 Å². The van der Waals surface area contributed by atoms with E-state index in [2.05, 4.69) is 52.1 Å². The number of nitrogens with zero attached hydrogens (tertiary/aromatic N) is 2. The second-order valence-electron chi connectivity index (χ2n) is 11.2. The minimum absolute atomic E-state index is 0.0819. The Hall–Kier alpha value is -2.37. The summed E-state index contributed by atoms with van der Waals surface area (Å²) in [5.41, 5.74) is 2.43. The maximum Gasteiger partial charge on any atom is 0.227 e. The molecule has 5 heteroatoms. The Kier molecular flexibility index (Phi) is 6.32. The van der Waals surface area contributed by atoms with E-state index in [4.69, 9.17) is 0 Å². The number of amides is 1. The van der Waals surface area contributed by atoms with Crippen LogP contribution in [0.25, 0.3) is 0 Å². The Morgan fingerprint density at radius 1 is 1.09 bits per heavy atom. The van der Waals surface area contributed by atoms with E-state index in [9.17, 15) is 9.90 Å². The molecule has 2 aliphatic carbocycles. The normalized spacial score (nSPS) is 33.6. The second kappa shape index (κ2) is 9.59. The van der Waals surface area contributed by atoms with Gasteiger partial charge in [-0.1, -0.05) is 49.3 Å². The van der Waals surface area contributed by atoms with E-state index in [1.807, 2.05) is 12.1 Å². The fourth-order valence-corrected chi connectivity index (χ4v) is 7.86. The minimum atomic E-state index is -0.0819. The average Bonchev–Trinajstić information content (AvgIpc) is 3.56. The first-order chi connectivity index (χ1) is 17.1. The van der Waals surface area contributed by atoms with E-state index in [1.54, 1.807) is 6.07 Å². The third-order valence-corrected chi connectivity index (χ3v) is 9.33. The first-order valence-corrected chi connectivity index (χ1v) is 13.8. The van der Waals surface area contributed by atoms with Crippen molar-refractivity contribution in [3.05, 3.63) is 66.3 Å². The Labute approximate surface area is 209 Å². The number of carbonyl (C=O) groups excluding carboxylic acids is 1. The van der Waals surface area contributed by atoms with Crippen molar-refractivity contribution in [2.24, 2.45) is 5.92 Å². The number of fused-ring (bicyclic) bond motifs is 6. The van der Waals surface area contributed by atoms with Crippen LogP contribution < -0.4 is 5.32 Å². The van der Waals surface area contributed by atoms with Crippen molar-refractivity contribution < 1.29 is 9.90 Å². The lowest BCUT2D eigenvalue weighted by atomic mass is 9.86. The molecule has 3 aliphatic heterocycles. The second-order valence-corrected chi connectivity index (χ2v) is 11.2. The molecule has 0 spiro atoms. The van der Waals surface area contributed by atoms with E-state index >= 15 is 0 Å². The number of carbonyl (C=O) groups is 1. The van der Waals surface area contributed by atoms with Gasteiger partial charge in [0.05, 0.1) is 12.0 Å². The van der Waals surface area contributed by atoms with Gasteiger partial charge in [-0.05, 0) is 68.2 Å². The van der Waals surface area contributed by atoms with E-state index in [0.29, 0.717) is 36.0 Å². The molecule has 1 saturated carbocycles. The molecule has 4 bridgehead atoms. The van der Waals surface area contributed by atoms with Gasteiger partial charge in [-0.2, -0.15) is 0 Å². The van der Waals surface area contributed by atoms with Gasteiger partial charge in [0.15, 0.2) is 0 Å². The molecule has 1 amide bonds.